The summed E-state index contributed by atoms with van der Waals surface area (Å²) >= 11 is 0. The Hall–Kier alpha value is -3.35. The maximum absolute atomic E-state index is 12.5. The summed E-state index contributed by atoms with van der Waals surface area (Å²) in [6.45, 7) is 1.95. The molecule has 0 radical (unpaired) electrons. The van der Waals surface area contributed by atoms with Crippen LogP contribution in [0.2, 0.25) is 0 Å². The van der Waals surface area contributed by atoms with Crippen molar-refractivity contribution in [2.45, 2.75) is 63.5 Å². The van der Waals surface area contributed by atoms with Crippen molar-refractivity contribution in [2.75, 3.05) is 6.61 Å². The Morgan fingerprint density at radius 3 is 2.24 bits per heavy atom. The minimum absolute atomic E-state index is 0.0278. The summed E-state index contributed by atoms with van der Waals surface area (Å²) < 4.78 is 5.55. The molecule has 3 N–H and O–H groups in total. The number of ether oxygens (including phenoxy) is 1. The summed E-state index contributed by atoms with van der Waals surface area (Å²) in [7, 11) is 0. The molecular formula is C27H32N2O5. The number of carbonyl (C=O) groups excluding carboxylic acids is 2. The molecule has 0 bridgehead atoms. The molecule has 7 heteroatoms. The van der Waals surface area contributed by atoms with Gasteiger partial charge in [0, 0.05) is 24.4 Å². The van der Waals surface area contributed by atoms with Gasteiger partial charge in [0.05, 0.1) is 5.92 Å². The number of hydrogen-bond acceptors (Lipinski definition) is 4. The molecule has 0 unspecified atom stereocenters. The standard InChI is InChI=1S/C27H32N2O5/c1-17(15-25(30)29-24-14-4-2-3-13-22(24)26(31)32)28-27(33)34-16-23-20-11-7-5-9-18(20)19-10-6-8-12-21(19)23/h5-12,17,22-24H,2-4,13-16H2,1H3,(H,28,33)(H,29,30)(H,31,32)/t17-,22-,24+/m0/s1. The largest absolute Gasteiger partial charge is 0.481 e. The second-order valence-corrected chi connectivity index (χ2v) is 9.33. The number of benzene rings is 2. The number of fused-ring (bicyclic) bond motifs is 3. The quantitative estimate of drug-likeness (QED) is 0.525. The van der Waals surface area contributed by atoms with Crippen molar-refractivity contribution in [3.05, 3.63) is 59.7 Å². The van der Waals surface area contributed by atoms with Crippen LogP contribution < -0.4 is 10.6 Å². The lowest BCUT2D eigenvalue weighted by Gasteiger charge is -2.24. The molecule has 2 aromatic rings. The lowest BCUT2D eigenvalue weighted by Crippen LogP contribution is -2.45. The molecule has 2 aromatic carbocycles. The van der Waals surface area contributed by atoms with Crippen molar-refractivity contribution >= 4 is 18.0 Å². The third-order valence-electron chi connectivity index (χ3n) is 6.88. The van der Waals surface area contributed by atoms with Crippen LogP contribution in [-0.2, 0) is 14.3 Å². The van der Waals surface area contributed by atoms with Crippen molar-refractivity contribution in [3.63, 3.8) is 0 Å². The third kappa shape index (κ3) is 5.41. The van der Waals surface area contributed by atoms with Gasteiger partial charge in [0.1, 0.15) is 6.61 Å². The van der Waals surface area contributed by atoms with E-state index in [4.69, 9.17) is 4.74 Å². The fourth-order valence-corrected chi connectivity index (χ4v) is 5.21. The zero-order chi connectivity index (χ0) is 24.1. The Bertz CT molecular complexity index is 1010. The van der Waals surface area contributed by atoms with E-state index in [1.54, 1.807) is 6.92 Å². The Labute approximate surface area is 199 Å². The number of alkyl carbamates (subject to hydrolysis) is 1. The predicted octanol–water partition coefficient (Wildman–Crippen LogP) is 4.45. The first kappa shape index (κ1) is 23.8. The number of nitrogens with one attached hydrogen (secondary N) is 2. The van der Waals surface area contributed by atoms with Crippen LogP contribution in [0.25, 0.3) is 11.1 Å². The molecule has 0 saturated heterocycles. The second-order valence-electron chi connectivity index (χ2n) is 9.33. The van der Waals surface area contributed by atoms with Gasteiger partial charge in [-0.1, -0.05) is 67.8 Å². The average molecular weight is 465 g/mol. The molecule has 2 aliphatic rings. The number of carboxylic acids is 1. The summed E-state index contributed by atoms with van der Waals surface area (Å²) in [5, 5.41) is 15.1. The van der Waals surface area contributed by atoms with E-state index in [1.807, 2.05) is 24.3 Å². The lowest BCUT2D eigenvalue weighted by molar-refractivity contribution is -0.143. The highest BCUT2D eigenvalue weighted by molar-refractivity contribution is 5.80. The van der Waals surface area contributed by atoms with Gasteiger partial charge >= 0.3 is 12.1 Å². The molecule has 7 nitrogen and oxygen atoms in total. The molecule has 0 heterocycles. The fourth-order valence-electron chi connectivity index (χ4n) is 5.21. The summed E-state index contributed by atoms with van der Waals surface area (Å²) in [6, 6.07) is 15.5. The Balaban J connectivity index is 1.28. The first-order chi connectivity index (χ1) is 16.4. The first-order valence-electron chi connectivity index (χ1n) is 12.1. The van der Waals surface area contributed by atoms with Gasteiger partial charge in [-0.05, 0) is 42.0 Å². The van der Waals surface area contributed by atoms with E-state index in [9.17, 15) is 19.5 Å². The molecular weight excluding hydrogens is 432 g/mol. The van der Waals surface area contributed by atoms with Crippen molar-refractivity contribution in [1.29, 1.82) is 0 Å². The Kier molecular flexibility index (Phi) is 7.50. The number of aliphatic carboxylic acids is 1. The number of carboxylic acid groups (broad SMARTS) is 1. The first-order valence-corrected chi connectivity index (χ1v) is 12.1. The third-order valence-corrected chi connectivity index (χ3v) is 6.88. The van der Waals surface area contributed by atoms with Gasteiger partial charge in [0.25, 0.3) is 0 Å². The second kappa shape index (κ2) is 10.7. The van der Waals surface area contributed by atoms with Crippen LogP contribution >= 0.6 is 0 Å². The number of hydrogen-bond donors (Lipinski definition) is 3. The van der Waals surface area contributed by atoms with E-state index in [0.29, 0.717) is 12.8 Å². The van der Waals surface area contributed by atoms with Crippen molar-refractivity contribution in [1.82, 2.24) is 10.6 Å². The SMILES string of the molecule is C[C@@H](CC(=O)N[C@@H]1CCCCC[C@@H]1C(=O)O)NC(=O)OCC1c2ccccc2-c2ccccc21. The fraction of sp³-hybridized carbons (Fsp3) is 0.444. The minimum atomic E-state index is -0.864. The number of carbonyl (C=O) groups is 3. The van der Waals surface area contributed by atoms with Gasteiger partial charge in [0.15, 0.2) is 0 Å². The average Bonchev–Trinajstić information content (AvgIpc) is 2.94. The van der Waals surface area contributed by atoms with Crippen molar-refractivity contribution < 1.29 is 24.2 Å². The maximum Gasteiger partial charge on any atom is 0.407 e. The summed E-state index contributed by atoms with van der Waals surface area (Å²) in [6.07, 6.45) is 3.49. The Morgan fingerprint density at radius 1 is 0.971 bits per heavy atom. The molecule has 2 amide bonds. The molecule has 1 fully saturated rings. The van der Waals surface area contributed by atoms with E-state index in [-0.39, 0.29) is 30.9 Å². The highest BCUT2D eigenvalue weighted by atomic mass is 16.5. The molecule has 34 heavy (non-hydrogen) atoms. The summed E-state index contributed by atoms with van der Waals surface area (Å²) in [5.74, 6) is -1.71. The van der Waals surface area contributed by atoms with Gasteiger partial charge in [0.2, 0.25) is 5.91 Å². The topological polar surface area (TPSA) is 105 Å². The normalized spacial score (nSPS) is 20.4. The number of rotatable bonds is 7. The molecule has 0 aromatic heterocycles. The maximum atomic E-state index is 12.5. The van der Waals surface area contributed by atoms with Gasteiger partial charge in [-0.3, -0.25) is 9.59 Å². The molecule has 4 rings (SSSR count). The zero-order valence-corrected chi connectivity index (χ0v) is 19.5. The van der Waals surface area contributed by atoms with E-state index in [2.05, 4.69) is 34.9 Å². The highest BCUT2D eigenvalue weighted by Crippen LogP contribution is 2.44. The van der Waals surface area contributed by atoms with Crippen LogP contribution in [0.3, 0.4) is 0 Å². The van der Waals surface area contributed by atoms with Crippen molar-refractivity contribution in [3.8, 4) is 11.1 Å². The zero-order valence-electron chi connectivity index (χ0n) is 19.5. The van der Waals surface area contributed by atoms with E-state index in [0.717, 1.165) is 41.5 Å². The summed E-state index contributed by atoms with van der Waals surface area (Å²) in [4.78, 5) is 36.6. The monoisotopic (exact) mass is 464 g/mol. The summed E-state index contributed by atoms with van der Waals surface area (Å²) in [5.41, 5.74) is 4.60. The van der Waals surface area contributed by atoms with Gasteiger partial charge in [-0.25, -0.2) is 4.79 Å². The smallest absolute Gasteiger partial charge is 0.407 e. The van der Waals surface area contributed by atoms with Crippen LogP contribution in [-0.4, -0.2) is 41.8 Å². The highest BCUT2D eigenvalue weighted by Gasteiger charge is 2.31. The molecule has 0 aliphatic heterocycles. The van der Waals surface area contributed by atoms with E-state index in [1.165, 1.54) is 0 Å². The molecule has 180 valence electrons. The number of amides is 2. The predicted molar refractivity (Wildman–Crippen MR) is 128 cm³/mol. The van der Waals surface area contributed by atoms with Crippen molar-refractivity contribution in [2.24, 2.45) is 5.92 Å². The minimum Gasteiger partial charge on any atom is -0.481 e. The van der Waals surface area contributed by atoms with Crippen LogP contribution in [0.4, 0.5) is 4.79 Å². The molecule has 3 atom stereocenters. The van der Waals surface area contributed by atoms with Gasteiger partial charge in [-0.15, -0.1) is 0 Å². The lowest BCUT2D eigenvalue weighted by atomic mass is 9.94. The van der Waals surface area contributed by atoms with Crippen LogP contribution in [0.1, 0.15) is 62.5 Å². The molecule has 0 spiro atoms. The molecule has 2 aliphatic carbocycles. The van der Waals surface area contributed by atoms with Crippen LogP contribution in [0.5, 0.6) is 0 Å². The van der Waals surface area contributed by atoms with E-state index < -0.39 is 24.0 Å². The molecule has 1 saturated carbocycles. The van der Waals surface area contributed by atoms with Crippen LogP contribution in [0.15, 0.2) is 48.5 Å². The van der Waals surface area contributed by atoms with Crippen LogP contribution in [0, 0.1) is 5.92 Å². The van der Waals surface area contributed by atoms with E-state index >= 15 is 0 Å². The Morgan fingerprint density at radius 2 is 1.59 bits per heavy atom. The van der Waals surface area contributed by atoms with Gasteiger partial charge < -0.3 is 20.5 Å². The van der Waals surface area contributed by atoms with Gasteiger partial charge in [-0.2, -0.15) is 0 Å².